The SMILES string of the molecule is Cc1cc(Oc2ccc3cc(C(C)(C)C)cc(O)c3n2)[c-]c(C2=N[C@H]3CCCC(C)(C)C[C@@H]3N2c2c(C)cccc2C)c1.[Pt]. The van der Waals surface area contributed by atoms with Crippen molar-refractivity contribution in [1.29, 1.82) is 0 Å². The second kappa shape index (κ2) is 12.0. The van der Waals surface area contributed by atoms with E-state index in [0.29, 0.717) is 23.2 Å². The normalized spacial score (nSPS) is 19.6. The molecule has 0 saturated heterocycles. The first-order valence-electron chi connectivity index (χ1n) is 15.6. The summed E-state index contributed by atoms with van der Waals surface area (Å²) in [5, 5.41) is 11.7. The third-order valence-corrected chi connectivity index (χ3v) is 9.14. The standard InChI is InChI=1S/C38H44N3O2.Pt/c1-23-17-27(20-29(18-23)43-33-15-14-26-19-28(37(4,5)6)21-32(42)34(26)40-33)36-39-30-13-10-16-38(7,8)22-31(30)41(36)35-24(2)11-9-12-25(35)3;/h9,11-12,14-15,17-19,21,30-31,42H,10,13,16,22H2,1-8H3;/q-1;/t30-,31-;/m0./s1. The van der Waals surface area contributed by atoms with Gasteiger partial charge in [-0.25, -0.2) is 4.98 Å². The van der Waals surface area contributed by atoms with Gasteiger partial charge in [0, 0.05) is 50.0 Å². The Morgan fingerprint density at radius 2 is 1.73 bits per heavy atom. The molecule has 0 bridgehead atoms. The summed E-state index contributed by atoms with van der Waals surface area (Å²) in [6.07, 6.45) is 4.60. The van der Waals surface area contributed by atoms with Gasteiger partial charge < -0.3 is 19.7 Å². The zero-order valence-corrected chi connectivity index (χ0v) is 29.5. The third-order valence-electron chi connectivity index (χ3n) is 9.14. The Labute approximate surface area is 277 Å². The second-order valence-electron chi connectivity index (χ2n) is 14.5. The summed E-state index contributed by atoms with van der Waals surface area (Å²) in [6, 6.07) is 22.5. The van der Waals surface area contributed by atoms with E-state index in [2.05, 4.69) is 102 Å². The predicted molar refractivity (Wildman–Crippen MR) is 177 cm³/mol. The molecule has 5 nitrogen and oxygen atoms in total. The zero-order valence-electron chi connectivity index (χ0n) is 27.2. The number of para-hydroxylation sites is 1. The topological polar surface area (TPSA) is 58.0 Å². The number of ether oxygens (including phenoxy) is 1. The number of amidine groups is 1. The van der Waals surface area contributed by atoms with Crippen LogP contribution in [0.25, 0.3) is 10.9 Å². The van der Waals surface area contributed by atoms with Crippen LogP contribution in [0.2, 0.25) is 0 Å². The van der Waals surface area contributed by atoms with E-state index in [1.54, 1.807) is 6.07 Å². The minimum Gasteiger partial charge on any atom is -0.506 e. The number of aromatic nitrogens is 1. The summed E-state index contributed by atoms with van der Waals surface area (Å²) in [5.74, 6) is 2.14. The molecule has 3 aromatic carbocycles. The first-order valence-corrected chi connectivity index (χ1v) is 15.6. The Kier molecular flexibility index (Phi) is 8.77. The van der Waals surface area contributed by atoms with Gasteiger partial charge in [0.2, 0.25) is 5.88 Å². The van der Waals surface area contributed by atoms with Gasteiger partial charge in [0.25, 0.3) is 0 Å². The molecule has 1 aliphatic carbocycles. The fourth-order valence-electron chi connectivity index (χ4n) is 6.89. The summed E-state index contributed by atoms with van der Waals surface area (Å²) in [7, 11) is 0. The van der Waals surface area contributed by atoms with Crippen LogP contribution in [-0.4, -0.2) is 28.0 Å². The van der Waals surface area contributed by atoms with E-state index in [1.807, 2.05) is 18.2 Å². The number of phenolic OH excluding ortho intramolecular Hbond substituents is 1. The van der Waals surface area contributed by atoms with Crippen LogP contribution < -0.4 is 9.64 Å². The van der Waals surface area contributed by atoms with Crippen molar-refractivity contribution in [2.24, 2.45) is 10.4 Å². The van der Waals surface area contributed by atoms with E-state index in [4.69, 9.17) is 9.73 Å². The molecule has 2 atom stereocenters. The van der Waals surface area contributed by atoms with E-state index >= 15 is 0 Å². The Bertz CT molecular complexity index is 1720. The minimum atomic E-state index is -0.0756. The molecule has 44 heavy (non-hydrogen) atoms. The molecular formula is C38H44N3O2Pt-. The van der Waals surface area contributed by atoms with Gasteiger partial charge in [-0.2, -0.15) is 0 Å². The average Bonchev–Trinajstić information content (AvgIpc) is 3.16. The van der Waals surface area contributed by atoms with Crippen LogP contribution in [0.3, 0.4) is 0 Å². The number of hydrogen-bond acceptors (Lipinski definition) is 5. The van der Waals surface area contributed by atoms with E-state index in [0.717, 1.165) is 40.8 Å². The number of fused-ring (bicyclic) bond motifs is 2. The second-order valence-corrected chi connectivity index (χ2v) is 14.5. The van der Waals surface area contributed by atoms with Crippen LogP contribution in [0.1, 0.15) is 88.1 Å². The largest absolute Gasteiger partial charge is 0.506 e. The average molecular weight is 770 g/mol. The quantitative estimate of drug-likeness (QED) is 0.210. The third kappa shape index (κ3) is 6.31. The molecule has 234 valence electrons. The number of pyridine rings is 1. The molecule has 0 spiro atoms. The van der Waals surface area contributed by atoms with Crippen LogP contribution in [-0.2, 0) is 26.5 Å². The van der Waals surface area contributed by atoms with Crippen LogP contribution in [0.4, 0.5) is 5.69 Å². The predicted octanol–water partition coefficient (Wildman–Crippen LogP) is 9.36. The molecule has 1 fully saturated rings. The Hall–Kier alpha value is -3.17. The van der Waals surface area contributed by atoms with Gasteiger partial charge in [-0.15, -0.1) is 17.2 Å². The molecule has 1 aliphatic heterocycles. The van der Waals surface area contributed by atoms with Crippen LogP contribution >= 0.6 is 0 Å². The summed E-state index contributed by atoms with van der Waals surface area (Å²) in [6.45, 7) is 17.7. The summed E-state index contributed by atoms with van der Waals surface area (Å²) in [4.78, 5) is 12.6. The molecule has 0 radical (unpaired) electrons. The van der Waals surface area contributed by atoms with Gasteiger partial charge in [-0.3, -0.25) is 0 Å². The molecule has 1 N–H and O–H groups in total. The maximum atomic E-state index is 10.8. The fourth-order valence-corrected chi connectivity index (χ4v) is 6.89. The molecule has 2 heterocycles. The van der Waals surface area contributed by atoms with Crippen molar-refractivity contribution in [1.82, 2.24) is 4.98 Å². The van der Waals surface area contributed by atoms with Gasteiger partial charge in [0.15, 0.2) is 0 Å². The molecule has 6 heteroatoms. The zero-order chi connectivity index (χ0) is 30.7. The van der Waals surface area contributed by atoms with Crippen LogP contribution in [0.5, 0.6) is 17.4 Å². The number of rotatable bonds is 4. The number of hydrogen-bond donors (Lipinski definition) is 1. The van der Waals surface area contributed by atoms with Crippen LogP contribution in [0, 0.1) is 32.3 Å². The molecule has 0 amide bonds. The maximum Gasteiger partial charge on any atom is 0.217 e. The van der Waals surface area contributed by atoms with Gasteiger partial charge in [0.1, 0.15) is 11.3 Å². The van der Waals surface area contributed by atoms with E-state index in [1.165, 1.54) is 29.7 Å². The van der Waals surface area contributed by atoms with Crippen molar-refractivity contribution in [2.75, 3.05) is 4.90 Å². The van der Waals surface area contributed by atoms with E-state index in [9.17, 15) is 5.11 Å². The van der Waals surface area contributed by atoms with Crippen molar-refractivity contribution in [2.45, 2.75) is 98.6 Å². The van der Waals surface area contributed by atoms with Crippen molar-refractivity contribution in [3.8, 4) is 17.4 Å². The first kappa shape index (κ1) is 32.2. The minimum absolute atomic E-state index is 0. The Balaban J connectivity index is 0.00000384. The monoisotopic (exact) mass is 769 g/mol. The van der Waals surface area contributed by atoms with Crippen molar-refractivity contribution in [3.05, 3.63) is 88.5 Å². The number of phenols is 1. The number of benzene rings is 3. The number of aryl methyl sites for hydroxylation is 3. The maximum absolute atomic E-state index is 10.8. The van der Waals surface area contributed by atoms with Gasteiger partial charge in [-0.05, 0) is 78.8 Å². The van der Waals surface area contributed by atoms with Crippen molar-refractivity contribution in [3.63, 3.8) is 0 Å². The molecule has 4 aromatic rings. The smallest absolute Gasteiger partial charge is 0.217 e. The van der Waals surface area contributed by atoms with Crippen molar-refractivity contribution < 1.29 is 30.9 Å². The summed E-state index contributed by atoms with van der Waals surface area (Å²) in [5.41, 5.74) is 7.55. The molecule has 2 aliphatic rings. The van der Waals surface area contributed by atoms with Gasteiger partial charge >= 0.3 is 0 Å². The fraction of sp³-hybridized carbons (Fsp3) is 0.421. The van der Waals surface area contributed by atoms with Crippen molar-refractivity contribution >= 4 is 22.4 Å². The molecule has 1 aromatic heterocycles. The van der Waals surface area contributed by atoms with E-state index < -0.39 is 0 Å². The summed E-state index contributed by atoms with van der Waals surface area (Å²) < 4.78 is 6.33. The van der Waals surface area contributed by atoms with Gasteiger partial charge in [0.05, 0.1) is 11.9 Å². The molecule has 0 unspecified atom stereocenters. The number of aliphatic imine (C=N–C) groups is 1. The molecule has 6 rings (SSSR count). The van der Waals surface area contributed by atoms with Crippen LogP contribution in [0.15, 0.2) is 59.6 Å². The van der Waals surface area contributed by atoms with Gasteiger partial charge in [-0.1, -0.05) is 78.3 Å². The first-order chi connectivity index (χ1) is 20.3. The summed E-state index contributed by atoms with van der Waals surface area (Å²) >= 11 is 0. The molecular weight excluding hydrogens is 726 g/mol. The number of aromatic hydroxyl groups is 1. The number of anilines is 1. The number of nitrogens with zero attached hydrogens (tertiary/aromatic N) is 3. The Morgan fingerprint density at radius 3 is 2.43 bits per heavy atom. The Morgan fingerprint density at radius 1 is 1.00 bits per heavy atom. The van der Waals surface area contributed by atoms with E-state index in [-0.39, 0.29) is 43.7 Å². The molecule has 1 saturated carbocycles.